The van der Waals surface area contributed by atoms with Gasteiger partial charge >= 0.3 is 0 Å². The normalized spacial score (nSPS) is 15.3. The van der Waals surface area contributed by atoms with Crippen LogP contribution in [0.4, 0.5) is 10.2 Å². The van der Waals surface area contributed by atoms with Gasteiger partial charge in [-0.3, -0.25) is 18.9 Å². The van der Waals surface area contributed by atoms with Gasteiger partial charge in [0.15, 0.2) is 0 Å². The fourth-order valence-electron chi connectivity index (χ4n) is 3.23. The van der Waals surface area contributed by atoms with Gasteiger partial charge in [0.05, 0.1) is 17.0 Å². The van der Waals surface area contributed by atoms with Gasteiger partial charge in [-0.15, -0.1) is 0 Å². The Labute approximate surface area is 187 Å². The van der Waals surface area contributed by atoms with Crippen LogP contribution in [0.15, 0.2) is 52.3 Å². The average Bonchev–Trinajstić information content (AvgIpc) is 3.00. The average molecular weight is 455 g/mol. The summed E-state index contributed by atoms with van der Waals surface area (Å²) in [5.74, 6) is -0.222. The topological polar surface area (TPSA) is 66.7 Å². The Bertz CT molecular complexity index is 1290. The molecule has 31 heavy (non-hydrogen) atoms. The van der Waals surface area contributed by atoms with E-state index in [4.69, 9.17) is 12.2 Å². The largest absolute Gasteiger partial charge is 0.370 e. The molecule has 0 unspecified atom stereocenters. The van der Waals surface area contributed by atoms with Crippen molar-refractivity contribution in [1.82, 2.24) is 14.3 Å². The Morgan fingerprint density at radius 1 is 1.19 bits per heavy atom. The predicted molar refractivity (Wildman–Crippen MR) is 125 cm³/mol. The van der Waals surface area contributed by atoms with Crippen molar-refractivity contribution in [3.8, 4) is 0 Å². The summed E-state index contributed by atoms with van der Waals surface area (Å²) in [5.41, 5.74) is 2.23. The highest BCUT2D eigenvalue weighted by Gasteiger charge is 2.32. The van der Waals surface area contributed by atoms with Crippen LogP contribution in [0.3, 0.4) is 0 Å². The smallest absolute Gasteiger partial charge is 0.267 e. The van der Waals surface area contributed by atoms with Crippen molar-refractivity contribution >= 4 is 51.7 Å². The first kappa shape index (κ1) is 21.2. The molecule has 0 bridgehead atoms. The highest BCUT2D eigenvalue weighted by molar-refractivity contribution is 8.26. The fraction of sp³-hybridized carbons (Fsp3) is 0.182. The van der Waals surface area contributed by atoms with E-state index in [2.05, 4.69) is 10.3 Å². The Hall–Kier alpha value is -3.04. The van der Waals surface area contributed by atoms with E-state index in [-0.39, 0.29) is 23.8 Å². The lowest BCUT2D eigenvalue weighted by Gasteiger charge is -2.14. The molecule has 1 aromatic carbocycles. The molecule has 3 heterocycles. The van der Waals surface area contributed by atoms with Crippen LogP contribution in [-0.2, 0) is 11.3 Å². The van der Waals surface area contributed by atoms with Crippen molar-refractivity contribution in [3.63, 3.8) is 0 Å². The summed E-state index contributed by atoms with van der Waals surface area (Å²) >= 11 is 6.52. The number of thioether (sulfide) groups is 1. The van der Waals surface area contributed by atoms with Crippen LogP contribution < -0.4 is 10.9 Å². The van der Waals surface area contributed by atoms with Gasteiger partial charge in [0.2, 0.25) is 0 Å². The number of aryl methyl sites for hydroxylation is 1. The number of hydrogen-bond acceptors (Lipinski definition) is 6. The maximum atomic E-state index is 13.2. The van der Waals surface area contributed by atoms with Crippen LogP contribution in [0.2, 0.25) is 0 Å². The molecule has 0 spiro atoms. The van der Waals surface area contributed by atoms with Crippen LogP contribution in [0.1, 0.15) is 23.6 Å². The Morgan fingerprint density at radius 3 is 2.65 bits per heavy atom. The van der Waals surface area contributed by atoms with Crippen LogP contribution in [0.25, 0.3) is 11.7 Å². The van der Waals surface area contributed by atoms with E-state index in [1.807, 2.05) is 19.9 Å². The third-order valence-corrected chi connectivity index (χ3v) is 6.13. The molecule has 0 atom stereocenters. The predicted octanol–water partition coefficient (Wildman–Crippen LogP) is 3.98. The minimum atomic E-state index is -0.343. The number of rotatable bonds is 5. The van der Waals surface area contributed by atoms with E-state index in [1.165, 1.54) is 21.4 Å². The second-order valence-electron chi connectivity index (χ2n) is 7.04. The Balaban J connectivity index is 1.73. The van der Waals surface area contributed by atoms with Crippen molar-refractivity contribution < 1.29 is 9.18 Å². The molecule has 1 N–H and O–H groups in total. The molecule has 0 aliphatic carbocycles. The number of aromatic nitrogens is 2. The van der Waals surface area contributed by atoms with Crippen LogP contribution in [0, 0.1) is 12.7 Å². The van der Waals surface area contributed by atoms with Gasteiger partial charge in [-0.05, 0) is 49.2 Å². The zero-order chi connectivity index (χ0) is 22.1. The zero-order valence-electron chi connectivity index (χ0n) is 16.9. The second kappa shape index (κ2) is 8.60. The molecule has 1 aliphatic rings. The van der Waals surface area contributed by atoms with Gasteiger partial charge in [-0.1, -0.05) is 42.2 Å². The lowest BCUT2D eigenvalue weighted by molar-refractivity contribution is -0.122. The second-order valence-corrected chi connectivity index (χ2v) is 8.71. The molecule has 1 fully saturated rings. The zero-order valence-corrected chi connectivity index (χ0v) is 18.5. The van der Waals surface area contributed by atoms with Gasteiger partial charge in [-0.25, -0.2) is 9.37 Å². The third kappa shape index (κ3) is 4.24. The quantitative estimate of drug-likeness (QED) is 0.465. The number of halogens is 1. The molecule has 1 aliphatic heterocycles. The van der Waals surface area contributed by atoms with Crippen molar-refractivity contribution in [2.45, 2.75) is 20.4 Å². The van der Waals surface area contributed by atoms with Crippen LogP contribution in [-0.4, -0.2) is 31.1 Å². The van der Waals surface area contributed by atoms with E-state index < -0.39 is 0 Å². The number of thiocarbonyl (C=S) groups is 1. The first-order valence-corrected chi connectivity index (χ1v) is 10.9. The number of nitrogens with one attached hydrogen (secondary N) is 1. The van der Waals surface area contributed by atoms with Gasteiger partial charge < -0.3 is 5.32 Å². The summed E-state index contributed by atoms with van der Waals surface area (Å²) in [6, 6.07) is 9.58. The molecule has 4 rings (SSSR count). The van der Waals surface area contributed by atoms with Gasteiger partial charge in [0.25, 0.3) is 11.5 Å². The number of amides is 1. The minimum Gasteiger partial charge on any atom is -0.370 e. The highest BCUT2D eigenvalue weighted by atomic mass is 32.2. The number of nitrogens with zero attached hydrogens (tertiary/aromatic N) is 3. The van der Waals surface area contributed by atoms with Crippen molar-refractivity contribution in [2.75, 3.05) is 11.9 Å². The molecular formula is C22H19FN4O2S2. The molecule has 158 valence electrons. The molecule has 1 saturated heterocycles. The standard InChI is InChI=1S/C22H19FN4O2S2/c1-3-24-19-16(20(28)26-11-13(2)4-9-18(26)25-19)10-17-21(29)27(22(30)31-17)12-14-5-7-15(23)8-6-14/h4-11,24H,3,12H2,1-2H3. The molecule has 6 nitrogen and oxygen atoms in total. The Kier molecular flexibility index (Phi) is 5.88. The molecule has 2 aromatic heterocycles. The Morgan fingerprint density at radius 2 is 1.94 bits per heavy atom. The number of carbonyl (C=O) groups is 1. The number of pyridine rings is 1. The minimum absolute atomic E-state index is 0.233. The number of anilines is 1. The van der Waals surface area contributed by atoms with Gasteiger partial charge in [-0.2, -0.15) is 0 Å². The lowest BCUT2D eigenvalue weighted by atomic mass is 10.2. The van der Waals surface area contributed by atoms with Crippen LogP contribution >= 0.6 is 24.0 Å². The first-order chi connectivity index (χ1) is 14.9. The maximum Gasteiger partial charge on any atom is 0.267 e. The first-order valence-electron chi connectivity index (χ1n) is 9.64. The highest BCUT2D eigenvalue weighted by Crippen LogP contribution is 2.34. The summed E-state index contributed by atoms with van der Waals surface area (Å²) in [4.78, 5) is 32.6. The summed E-state index contributed by atoms with van der Waals surface area (Å²) < 4.78 is 15.0. The number of hydrogen-bond donors (Lipinski definition) is 1. The third-order valence-electron chi connectivity index (χ3n) is 4.75. The maximum absolute atomic E-state index is 13.2. The van der Waals surface area contributed by atoms with Crippen molar-refractivity contribution in [2.24, 2.45) is 0 Å². The van der Waals surface area contributed by atoms with Crippen molar-refractivity contribution in [3.05, 3.63) is 80.4 Å². The number of carbonyl (C=O) groups excluding carboxylic acids is 1. The number of benzene rings is 1. The molecule has 9 heteroatoms. The van der Waals surface area contributed by atoms with Crippen molar-refractivity contribution in [1.29, 1.82) is 0 Å². The lowest BCUT2D eigenvalue weighted by Crippen LogP contribution is -2.27. The van der Waals surface area contributed by atoms with E-state index in [1.54, 1.807) is 30.5 Å². The summed E-state index contributed by atoms with van der Waals surface area (Å²) in [5, 5.41) is 3.11. The summed E-state index contributed by atoms with van der Waals surface area (Å²) in [7, 11) is 0. The van der Waals surface area contributed by atoms with E-state index in [0.717, 1.165) is 22.9 Å². The number of fused-ring (bicyclic) bond motifs is 1. The molecule has 0 saturated carbocycles. The monoisotopic (exact) mass is 454 g/mol. The molecule has 0 radical (unpaired) electrons. The van der Waals surface area contributed by atoms with E-state index in [9.17, 15) is 14.0 Å². The summed E-state index contributed by atoms with van der Waals surface area (Å²) in [6.07, 6.45) is 3.27. The summed E-state index contributed by atoms with van der Waals surface area (Å²) in [6.45, 7) is 4.60. The molecular weight excluding hydrogens is 435 g/mol. The van der Waals surface area contributed by atoms with Gasteiger partial charge in [0, 0.05) is 12.7 Å². The van der Waals surface area contributed by atoms with Crippen LogP contribution in [0.5, 0.6) is 0 Å². The van der Waals surface area contributed by atoms with E-state index in [0.29, 0.717) is 32.8 Å². The SMILES string of the molecule is CCNc1nc2ccc(C)cn2c(=O)c1C=C1SC(=S)N(Cc2ccc(F)cc2)C1=O. The fourth-order valence-corrected chi connectivity index (χ4v) is 4.47. The van der Waals surface area contributed by atoms with E-state index >= 15 is 0 Å². The molecule has 3 aromatic rings. The van der Waals surface area contributed by atoms with Gasteiger partial charge in [0.1, 0.15) is 21.6 Å². The molecule has 1 amide bonds.